The van der Waals surface area contributed by atoms with Crippen molar-refractivity contribution in [2.75, 3.05) is 13.1 Å². The summed E-state index contributed by atoms with van der Waals surface area (Å²) in [5, 5.41) is 11.3. The lowest BCUT2D eigenvalue weighted by molar-refractivity contribution is 0.218. The minimum Gasteiger partial charge on any atom is -0.329 e. The van der Waals surface area contributed by atoms with E-state index in [1.165, 1.54) is 6.07 Å². The molecule has 1 N–H and O–H groups in total. The SMILES string of the molecule is Cc1cc(C2CN(CCC#N)C(=O)N2)ccc1F. The van der Waals surface area contributed by atoms with Crippen LogP contribution in [0.3, 0.4) is 0 Å². The summed E-state index contributed by atoms with van der Waals surface area (Å²) in [6, 6.07) is 6.55. The largest absolute Gasteiger partial charge is 0.329 e. The molecule has 5 heteroatoms. The van der Waals surface area contributed by atoms with Gasteiger partial charge < -0.3 is 10.2 Å². The molecule has 4 nitrogen and oxygen atoms in total. The van der Waals surface area contributed by atoms with Crippen LogP contribution in [-0.4, -0.2) is 24.0 Å². The van der Waals surface area contributed by atoms with E-state index in [1.54, 1.807) is 24.0 Å². The van der Waals surface area contributed by atoms with Crippen molar-refractivity contribution >= 4 is 6.03 Å². The Kier molecular flexibility index (Phi) is 3.47. The van der Waals surface area contributed by atoms with Crippen molar-refractivity contribution in [3.63, 3.8) is 0 Å². The van der Waals surface area contributed by atoms with Gasteiger partial charge in [-0.15, -0.1) is 0 Å². The van der Waals surface area contributed by atoms with Gasteiger partial charge in [-0.25, -0.2) is 9.18 Å². The molecule has 0 saturated carbocycles. The predicted molar refractivity (Wildman–Crippen MR) is 64.2 cm³/mol. The molecule has 1 fully saturated rings. The summed E-state index contributed by atoms with van der Waals surface area (Å²) in [6.07, 6.45) is 0.322. The van der Waals surface area contributed by atoms with Crippen LogP contribution in [0.1, 0.15) is 23.6 Å². The normalized spacial score (nSPS) is 18.6. The van der Waals surface area contributed by atoms with Gasteiger partial charge in [0.2, 0.25) is 0 Å². The van der Waals surface area contributed by atoms with Gasteiger partial charge in [0.25, 0.3) is 0 Å². The number of carbonyl (C=O) groups excluding carboxylic acids is 1. The minimum atomic E-state index is -0.246. The molecular weight excluding hydrogens is 233 g/mol. The number of hydrogen-bond donors (Lipinski definition) is 1. The van der Waals surface area contributed by atoms with Crippen molar-refractivity contribution in [3.8, 4) is 6.07 Å². The number of nitriles is 1. The van der Waals surface area contributed by atoms with E-state index in [2.05, 4.69) is 5.32 Å². The number of nitrogens with one attached hydrogen (secondary N) is 1. The number of carbonyl (C=O) groups is 1. The Morgan fingerprint density at radius 1 is 1.61 bits per heavy atom. The van der Waals surface area contributed by atoms with Crippen molar-refractivity contribution in [2.45, 2.75) is 19.4 Å². The molecule has 18 heavy (non-hydrogen) atoms. The maximum absolute atomic E-state index is 13.2. The highest BCUT2D eigenvalue weighted by Crippen LogP contribution is 2.22. The third kappa shape index (κ3) is 2.43. The lowest BCUT2D eigenvalue weighted by Gasteiger charge is -2.13. The van der Waals surface area contributed by atoms with Crippen LogP contribution in [-0.2, 0) is 0 Å². The van der Waals surface area contributed by atoms with Gasteiger partial charge in [0, 0.05) is 13.1 Å². The second-order valence-corrected chi connectivity index (χ2v) is 4.36. The summed E-state index contributed by atoms with van der Waals surface area (Å²) in [7, 11) is 0. The van der Waals surface area contributed by atoms with Gasteiger partial charge in [-0.05, 0) is 24.1 Å². The number of urea groups is 1. The maximum Gasteiger partial charge on any atom is 0.318 e. The number of nitrogens with zero attached hydrogens (tertiary/aromatic N) is 2. The standard InChI is InChI=1S/C13H14FN3O/c1-9-7-10(3-4-11(9)14)12-8-17(6-2-5-15)13(18)16-12/h3-4,7,12H,2,6,8H2,1H3,(H,16,18). The number of benzene rings is 1. The molecule has 1 aliphatic rings. The smallest absolute Gasteiger partial charge is 0.318 e. The molecular formula is C13H14FN3O. The van der Waals surface area contributed by atoms with Gasteiger partial charge >= 0.3 is 6.03 Å². The zero-order valence-corrected chi connectivity index (χ0v) is 10.1. The number of halogens is 1. The Bertz CT molecular complexity index is 509. The lowest BCUT2D eigenvalue weighted by atomic mass is 10.0. The molecule has 0 aliphatic carbocycles. The first-order valence-corrected chi connectivity index (χ1v) is 5.80. The zero-order valence-electron chi connectivity index (χ0n) is 10.1. The molecule has 1 heterocycles. The van der Waals surface area contributed by atoms with E-state index in [4.69, 9.17) is 5.26 Å². The molecule has 1 aliphatic heterocycles. The van der Waals surface area contributed by atoms with Crippen LogP contribution in [0.2, 0.25) is 0 Å². The van der Waals surface area contributed by atoms with Crippen LogP contribution in [0.15, 0.2) is 18.2 Å². The van der Waals surface area contributed by atoms with Gasteiger partial charge in [-0.3, -0.25) is 0 Å². The summed E-state index contributed by atoms with van der Waals surface area (Å²) < 4.78 is 13.2. The van der Waals surface area contributed by atoms with E-state index in [0.29, 0.717) is 25.1 Å². The molecule has 0 radical (unpaired) electrons. The highest BCUT2D eigenvalue weighted by molar-refractivity contribution is 5.77. The van der Waals surface area contributed by atoms with E-state index in [9.17, 15) is 9.18 Å². The van der Waals surface area contributed by atoms with Crippen LogP contribution >= 0.6 is 0 Å². The summed E-state index contributed by atoms with van der Waals surface area (Å²) in [5.74, 6) is -0.246. The van der Waals surface area contributed by atoms with Crippen molar-refractivity contribution < 1.29 is 9.18 Å². The fraction of sp³-hybridized carbons (Fsp3) is 0.385. The van der Waals surface area contributed by atoms with Crippen molar-refractivity contribution in [1.82, 2.24) is 10.2 Å². The molecule has 1 unspecified atom stereocenters. The summed E-state index contributed by atoms with van der Waals surface area (Å²) >= 11 is 0. The summed E-state index contributed by atoms with van der Waals surface area (Å²) in [6.45, 7) is 2.65. The lowest BCUT2D eigenvalue weighted by Crippen LogP contribution is -2.28. The first-order valence-electron chi connectivity index (χ1n) is 5.80. The van der Waals surface area contributed by atoms with Gasteiger partial charge in [0.1, 0.15) is 5.82 Å². The van der Waals surface area contributed by atoms with Gasteiger partial charge in [-0.1, -0.05) is 12.1 Å². The highest BCUT2D eigenvalue weighted by atomic mass is 19.1. The molecule has 0 spiro atoms. The topological polar surface area (TPSA) is 56.1 Å². The average molecular weight is 247 g/mol. The predicted octanol–water partition coefficient (Wildman–Crippen LogP) is 2.11. The Morgan fingerprint density at radius 2 is 2.39 bits per heavy atom. The van der Waals surface area contributed by atoms with Crippen LogP contribution in [0, 0.1) is 24.1 Å². The molecule has 94 valence electrons. The first kappa shape index (κ1) is 12.4. The van der Waals surface area contributed by atoms with Crippen molar-refractivity contribution in [2.24, 2.45) is 0 Å². The van der Waals surface area contributed by atoms with Crippen LogP contribution < -0.4 is 5.32 Å². The van der Waals surface area contributed by atoms with Crippen molar-refractivity contribution in [1.29, 1.82) is 5.26 Å². The molecule has 1 atom stereocenters. The zero-order chi connectivity index (χ0) is 13.1. The summed E-state index contributed by atoms with van der Waals surface area (Å²) in [5.41, 5.74) is 1.46. The molecule has 2 rings (SSSR count). The van der Waals surface area contributed by atoms with E-state index >= 15 is 0 Å². The quantitative estimate of drug-likeness (QED) is 0.889. The van der Waals surface area contributed by atoms with Crippen LogP contribution in [0.4, 0.5) is 9.18 Å². The molecule has 2 amide bonds. The Balaban J connectivity index is 2.09. The highest BCUT2D eigenvalue weighted by Gasteiger charge is 2.29. The van der Waals surface area contributed by atoms with Crippen molar-refractivity contribution in [3.05, 3.63) is 35.1 Å². The molecule has 1 saturated heterocycles. The molecule has 0 bridgehead atoms. The molecule has 0 aromatic heterocycles. The fourth-order valence-corrected chi connectivity index (χ4v) is 2.04. The second kappa shape index (κ2) is 5.05. The number of hydrogen-bond acceptors (Lipinski definition) is 2. The Hall–Kier alpha value is -2.09. The monoisotopic (exact) mass is 247 g/mol. The second-order valence-electron chi connectivity index (χ2n) is 4.36. The van der Waals surface area contributed by atoms with E-state index in [0.717, 1.165) is 5.56 Å². The Labute approximate surface area is 105 Å². The Morgan fingerprint density at radius 3 is 3.06 bits per heavy atom. The summed E-state index contributed by atoms with van der Waals surface area (Å²) in [4.78, 5) is 13.3. The maximum atomic E-state index is 13.2. The molecule has 1 aromatic carbocycles. The number of aryl methyl sites for hydroxylation is 1. The van der Waals surface area contributed by atoms with Crippen LogP contribution in [0.25, 0.3) is 0 Å². The van der Waals surface area contributed by atoms with Gasteiger partial charge in [0.15, 0.2) is 0 Å². The van der Waals surface area contributed by atoms with E-state index in [1.807, 2.05) is 6.07 Å². The van der Waals surface area contributed by atoms with E-state index in [-0.39, 0.29) is 17.9 Å². The number of rotatable bonds is 3. The van der Waals surface area contributed by atoms with Gasteiger partial charge in [-0.2, -0.15) is 5.26 Å². The van der Waals surface area contributed by atoms with Gasteiger partial charge in [0.05, 0.1) is 18.5 Å². The third-order valence-corrected chi connectivity index (χ3v) is 3.07. The average Bonchev–Trinajstić information content (AvgIpc) is 2.72. The number of amides is 2. The van der Waals surface area contributed by atoms with E-state index < -0.39 is 0 Å². The first-order chi connectivity index (χ1) is 8.61. The minimum absolute atomic E-state index is 0.129. The van der Waals surface area contributed by atoms with Crippen LogP contribution in [0.5, 0.6) is 0 Å². The molecule has 1 aromatic rings. The third-order valence-electron chi connectivity index (χ3n) is 3.07. The fourth-order valence-electron chi connectivity index (χ4n) is 2.04.